The van der Waals surface area contributed by atoms with Crippen molar-refractivity contribution in [1.82, 2.24) is 4.98 Å². The van der Waals surface area contributed by atoms with E-state index in [1.54, 1.807) is 6.07 Å². The number of nitriles is 1. The summed E-state index contributed by atoms with van der Waals surface area (Å²) >= 11 is 0. The molecule has 0 spiro atoms. The summed E-state index contributed by atoms with van der Waals surface area (Å²) in [4.78, 5) is 14.4. The second-order valence-electron chi connectivity index (χ2n) is 4.26. The third-order valence-electron chi connectivity index (χ3n) is 2.81. The van der Waals surface area contributed by atoms with Crippen LogP contribution < -0.4 is 5.32 Å². The highest BCUT2D eigenvalue weighted by Crippen LogP contribution is 2.25. The molecule has 1 heterocycles. The second kappa shape index (κ2) is 5.80. The summed E-state index contributed by atoms with van der Waals surface area (Å²) in [6.45, 7) is 2.39. The molecule has 1 aromatic carbocycles. The molecule has 0 aliphatic rings. The van der Waals surface area contributed by atoms with E-state index >= 15 is 0 Å². The van der Waals surface area contributed by atoms with Gasteiger partial charge < -0.3 is 5.32 Å². The van der Waals surface area contributed by atoms with Crippen LogP contribution >= 0.6 is 0 Å². The van der Waals surface area contributed by atoms with Crippen LogP contribution in [0.2, 0.25) is 0 Å². The highest BCUT2D eigenvalue weighted by molar-refractivity contribution is 5.64. The number of aryl methyl sites for hydroxylation is 1. The molecular weight excluding hydrogens is 256 g/mol. The van der Waals surface area contributed by atoms with E-state index in [0.29, 0.717) is 6.54 Å². The van der Waals surface area contributed by atoms with E-state index in [4.69, 9.17) is 5.26 Å². The summed E-state index contributed by atoms with van der Waals surface area (Å²) in [6, 6.07) is 10.9. The zero-order chi connectivity index (χ0) is 14.5. The highest BCUT2D eigenvalue weighted by atomic mass is 16.6. The van der Waals surface area contributed by atoms with Crippen LogP contribution in [0.4, 0.5) is 11.5 Å². The number of rotatable bonds is 4. The molecule has 2 aromatic rings. The number of nitrogens with one attached hydrogen (secondary N) is 1. The van der Waals surface area contributed by atoms with Gasteiger partial charge in [0, 0.05) is 12.7 Å². The van der Waals surface area contributed by atoms with E-state index in [-0.39, 0.29) is 17.1 Å². The van der Waals surface area contributed by atoms with Crippen LogP contribution in [0.5, 0.6) is 0 Å². The van der Waals surface area contributed by atoms with Crippen LogP contribution in [0.3, 0.4) is 0 Å². The van der Waals surface area contributed by atoms with Gasteiger partial charge in [0.2, 0.25) is 5.82 Å². The average molecular weight is 268 g/mol. The topological polar surface area (TPSA) is 91.8 Å². The zero-order valence-corrected chi connectivity index (χ0v) is 10.8. The maximum absolute atomic E-state index is 11.0. The number of anilines is 1. The van der Waals surface area contributed by atoms with Crippen molar-refractivity contribution in [2.75, 3.05) is 5.32 Å². The first-order valence-corrected chi connectivity index (χ1v) is 5.94. The van der Waals surface area contributed by atoms with Gasteiger partial charge in [-0.15, -0.1) is 0 Å². The summed E-state index contributed by atoms with van der Waals surface area (Å²) < 4.78 is 0. The zero-order valence-electron chi connectivity index (χ0n) is 10.8. The Morgan fingerprint density at radius 3 is 2.65 bits per heavy atom. The molecule has 100 valence electrons. The predicted molar refractivity (Wildman–Crippen MR) is 74.1 cm³/mol. The first kappa shape index (κ1) is 13.5. The number of hydrogen-bond donors (Lipinski definition) is 1. The van der Waals surface area contributed by atoms with Crippen LogP contribution in [0.25, 0.3) is 0 Å². The molecule has 1 aromatic heterocycles. The Morgan fingerprint density at radius 2 is 2.05 bits per heavy atom. The number of nitrogens with zero attached hydrogens (tertiary/aromatic N) is 3. The Hall–Kier alpha value is -2.94. The maximum atomic E-state index is 11.0. The van der Waals surface area contributed by atoms with Crippen molar-refractivity contribution in [2.24, 2.45) is 0 Å². The Kier molecular flexibility index (Phi) is 3.91. The van der Waals surface area contributed by atoms with Gasteiger partial charge in [-0.2, -0.15) is 5.26 Å². The number of benzene rings is 1. The first-order chi connectivity index (χ1) is 9.61. The lowest BCUT2D eigenvalue weighted by atomic mass is 10.1. The van der Waals surface area contributed by atoms with Gasteiger partial charge in [-0.3, -0.25) is 10.1 Å². The number of aromatic nitrogens is 1. The third-order valence-corrected chi connectivity index (χ3v) is 2.81. The molecule has 20 heavy (non-hydrogen) atoms. The molecule has 0 aliphatic heterocycles. The molecule has 0 bridgehead atoms. The molecular formula is C14H12N4O2. The predicted octanol–water partition coefficient (Wildman–Crippen LogP) is 2.78. The molecule has 0 aliphatic carbocycles. The van der Waals surface area contributed by atoms with Crippen molar-refractivity contribution in [1.29, 1.82) is 5.26 Å². The molecule has 6 heteroatoms. The van der Waals surface area contributed by atoms with Gasteiger partial charge in [0.05, 0.1) is 4.92 Å². The van der Waals surface area contributed by atoms with Gasteiger partial charge >= 0.3 is 5.69 Å². The molecule has 2 rings (SSSR count). The van der Waals surface area contributed by atoms with Crippen LogP contribution in [0.1, 0.15) is 16.7 Å². The van der Waals surface area contributed by atoms with Crippen molar-refractivity contribution in [2.45, 2.75) is 13.5 Å². The fourth-order valence-electron chi connectivity index (χ4n) is 1.75. The Labute approximate surface area is 115 Å². The van der Waals surface area contributed by atoms with E-state index in [2.05, 4.69) is 10.3 Å². The summed E-state index contributed by atoms with van der Waals surface area (Å²) in [5.41, 5.74) is 1.83. The van der Waals surface area contributed by atoms with Gasteiger partial charge in [0.15, 0.2) is 0 Å². The summed E-state index contributed by atoms with van der Waals surface area (Å²) in [5, 5.41) is 22.8. The highest BCUT2D eigenvalue weighted by Gasteiger charge is 2.20. The lowest BCUT2D eigenvalue weighted by Gasteiger charge is -2.07. The minimum Gasteiger partial charge on any atom is -0.360 e. The Morgan fingerprint density at radius 1 is 1.35 bits per heavy atom. The standard InChI is InChI=1S/C14H12N4O2/c1-10-2-4-11(5-3-10)9-17-14-13(18(19)20)12(8-15)6-7-16-14/h2-7H,9H2,1H3,(H,16,17). The minimum atomic E-state index is -0.594. The molecule has 0 saturated heterocycles. The molecule has 0 fully saturated rings. The fraction of sp³-hybridized carbons (Fsp3) is 0.143. The van der Waals surface area contributed by atoms with Crippen LogP contribution in [-0.4, -0.2) is 9.91 Å². The second-order valence-corrected chi connectivity index (χ2v) is 4.26. The van der Waals surface area contributed by atoms with Crippen LogP contribution in [0, 0.1) is 28.4 Å². The summed E-state index contributed by atoms with van der Waals surface area (Å²) in [7, 11) is 0. The smallest absolute Gasteiger partial charge is 0.328 e. The summed E-state index contributed by atoms with van der Waals surface area (Å²) in [5.74, 6) is 0.106. The van der Waals surface area contributed by atoms with Gasteiger partial charge in [0.1, 0.15) is 11.6 Å². The van der Waals surface area contributed by atoms with E-state index in [0.717, 1.165) is 11.1 Å². The van der Waals surface area contributed by atoms with Crippen LogP contribution in [0.15, 0.2) is 36.5 Å². The van der Waals surface area contributed by atoms with Gasteiger partial charge in [0.25, 0.3) is 0 Å². The average Bonchev–Trinajstić information content (AvgIpc) is 2.46. The molecule has 0 amide bonds. The lowest BCUT2D eigenvalue weighted by Crippen LogP contribution is -2.06. The molecule has 6 nitrogen and oxygen atoms in total. The van der Waals surface area contributed by atoms with Gasteiger partial charge in [-0.1, -0.05) is 29.8 Å². The van der Waals surface area contributed by atoms with E-state index in [9.17, 15) is 10.1 Å². The monoisotopic (exact) mass is 268 g/mol. The minimum absolute atomic E-state index is 0.00333. The number of pyridine rings is 1. The SMILES string of the molecule is Cc1ccc(CNc2nccc(C#N)c2[N+](=O)[O-])cc1. The van der Waals surface area contributed by atoms with Crippen LogP contribution in [-0.2, 0) is 6.54 Å². The van der Waals surface area contributed by atoms with Crippen molar-refractivity contribution < 1.29 is 4.92 Å². The molecule has 1 N–H and O–H groups in total. The van der Waals surface area contributed by atoms with Crippen molar-refractivity contribution in [3.8, 4) is 6.07 Å². The van der Waals surface area contributed by atoms with Crippen molar-refractivity contribution in [3.05, 3.63) is 63.3 Å². The van der Waals surface area contributed by atoms with Crippen molar-refractivity contribution >= 4 is 11.5 Å². The normalized spacial score (nSPS) is 9.80. The number of nitro groups is 1. The summed E-state index contributed by atoms with van der Waals surface area (Å²) in [6.07, 6.45) is 1.38. The van der Waals surface area contributed by atoms with Gasteiger partial charge in [-0.05, 0) is 18.6 Å². The van der Waals surface area contributed by atoms with Gasteiger partial charge in [-0.25, -0.2) is 4.98 Å². The van der Waals surface area contributed by atoms with E-state index < -0.39 is 4.92 Å². The molecule has 0 unspecified atom stereocenters. The molecule has 0 saturated carbocycles. The lowest BCUT2D eigenvalue weighted by molar-refractivity contribution is -0.384. The largest absolute Gasteiger partial charge is 0.360 e. The molecule has 0 atom stereocenters. The Bertz CT molecular complexity index is 675. The maximum Gasteiger partial charge on any atom is 0.328 e. The fourth-order valence-corrected chi connectivity index (χ4v) is 1.75. The number of hydrogen-bond acceptors (Lipinski definition) is 5. The van der Waals surface area contributed by atoms with E-state index in [1.165, 1.54) is 12.3 Å². The first-order valence-electron chi connectivity index (χ1n) is 5.94. The van der Waals surface area contributed by atoms with E-state index in [1.807, 2.05) is 31.2 Å². The van der Waals surface area contributed by atoms with Crippen molar-refractivity contribution in [3.63, 3.8) is 0 Å². The quantitative estimate of drug-likeness (QED) is 0.680. The third kappa shape index (κ3) is 2.90. The Balaban J connectivity index is 2.23. The molecule has 0 radical (unpaired) electrons.